The average Bonchev–Trinajstić information content (AvgIpc) is 3.83. The lowest BCUT2D eigenvalue weighted by molar-refractivity contribution is 0.0875. The third kappa shape index (κ3) is 7.11. The minimum absolute atomic E-state index is 0.0172. The zero-order chi connectivity index (χ0) is 46.0. The van der Waals surface area contributed by atoms with Crippen molar-refractivity contribution in [2.45, 2.75) is 79.1 Å². The van der Waals surface area contributed by atoms with Crippen molar-refractivity contribution >= 4 is 155 Å². The normalized spacial score (nSPS) is 13.8. The Balaban J connectivity index is 0.000000886. The van der Waals surface area contributed by atoms with Gasteiger partial charge < -0.3 is 0 Å². The maximum absolute atomic E-state index is 15.8. The fraction of sp³-hybridized carbons (Fsp3) is 0.269. The van der Waals surface area contributed by atoms with Crippen molar-refractivity contribution in [3.8, 4) is 0 Å². The Labute approximate surface area is 400 Å². The van der Waals surface area contributed by atoms with Crippen LogP contribution >= 0.6 is 69.1 Å². The van der Waals surface area contributed by atoms with Gasteiger partial charge in [0.15, 0.2) is 0 Å². The molecule has 0 N–H and O–H groups in total. The number of thiophene rings is 2. The highest BCUT2D eigenvalue weighted by Gasteiger charge is 2.47. The molecule has 0 saturated carbocycles. The maximum atomic E-state index is 15.8. The summed E-state index contributed by atoms with van der Waals surface area (Å²) in [5.41, 5.74) is 6.40. The zero-order valence-electron chi connectivity index (χ0n) is 36.7. The van der Waals surface area contributed by atoms with Crippen LogP contribution in [-0.4, -0.2) is 34.3 Å². The number of hydrogen-bond donors (Lipinski definition) is 0. The predicted octanol–water partition coefficient (Wildman–Crippen LogP) is 16.5. The third-order valence-electron chi connectivity index (χ3n) is 12.2. The minimum atomic E-state index is -0.443. The van der Waals surface area contributed by atoms with Gasteiger partial charge in [0.05, 0.1) is 44.3 Å². The molecule has 6 aromatic carbocycles. The van der Waals surface area contributed by atoms with Crippen molar-refractivity contribution in [3.63, 3.8) is 0 Å². The van der Waals surface area contributed by atoms with E-state index >= 15 is 19.2 Å². The van der Waals surface area contributed by atoms with Crippen molar-refractivity contribution in [3.05, 3.63) is 129 Å². The monoisotopic (exact) mass is 966 g/mol. The summed E-state index contributed by atoms with van der Waals surface area (Å²) in [6, 6.07) is 28.0. The first-order valence-electron chi connectivity index (χ1n) is 21.2. The number of benzene rings is 6. The van der Waals surface area contributed by atoms with Crippen LogP contribution in [0.1, 0.15) is 143 Å². The molecule has 2 aromatic heterocycles. The van der Waals surface area contributed by atoms with E-state index in [0.29, 0.717) is 64.6 Å². The summed E-state index contributed by atoms with van der Waals surface area (Å²) in [5, 5.41) is 4.16. The molecule has 8 aromatic rings. The molecular weight excluding hydrogens is 923 g/mol. The number of nitrogens with zero attached hydrogens (tertiary/aromatic N) is 2. The Morgan fingerprint density at radius 3 is 1.30 bits per heavy atom. The molecular formula is C52H46Cl4N2O4S2. The second kappa shape index (κ2) is 18.0. The highest BCUT2D eigenvalue weighted by molar-refractivity contribution is 7.27. The number of hydrogen-bond acceptors (Lipinski definition) is 6. The van der Waals surface area contributed by atoms with E-state index in [1.807, 2.05) is 78.9 Å². The molecule has 4 amide bonds. The molecule has 2 aliphatic rings. The largest absolute Gasteiger partial charge is 0.268 e. The van der Waals surface area contributed by atoms with E-state index in [1.54, 1.807) is 0 Å². The molecule has 4 heterocycles. The van der Waals surface area contributed by atoms with Crippen molar-refractivity contribution < 1.29 is 19.2 Å². The van der Waals surface area contributed by atoms with Gasteiger partial charge in [-0.1, -0.05) is 122 Å². The summed E-state index contributed by atoms with van der Waals surface area (Å²) in [4.78, 5) is 65.6. The summed E-state index contributed by atoms with van der Waals surface area (Å²) < 4.78 is 3.12. The van der Waals surface area contributed by atoms with Crippen LogP contribution in [0.3, 0.4) is 0 Å². The van der Waals surface area contributed by atoms with Gasteiger partial charge in [0.25, 0.3) is 23.6 Å². The van der Waals surface area contributed by atoms with Gasteiger partial charge in [0.1, 0.15) is 0 Å². The van der Waals surface area contributed by atoms with Crippen LogP contribution in [0.15, 0.2) is 84.9 Å². The predicted molar refractivity (Wildman–Crippen MR) is 274 cm³/mol. The quantitative estimate of drug-likeness (QED) is 0.123. The molecule has 64 heavy (non-hydrogen) atoms. The molecule has 0 spiro atoms. The summed E-state index contributed by atoms with van der Waals surface area (Å²) >= 11 is 22.0. The molecule has 0 fully saturated rings. The van der Waals surface area contributed by atoms with Crippen LogP contribution in [0.2, 0.25) is 0 Å². The number of fused-ring (bicyclic) bond motifs is 10. The fourth-order valence-electron chi connectivity index (χ4n) is 9.43. The van der Waals surface area contributed by atoms with Gasteiger partial charge in [-0.15, -0.1) is 69.1 Å². The number of carbonyl (C=O) groups excluding carboxylic acids is 4. The van der Waals surface area contributed by atoms with E-state index in [-0.39, 0.29) is 34.3 Å². The van der Waals surface area contributed by atoms with Crippen LogP contribution in [-0.2, 0) is 0 Å². The van der Waals surface area contributed by atoms with Crippen LogP contribution in [0.4, 0.5) is 11.4 Å². The smallest absolute Gasteiger partial charge is 0.267 e. The topological polar surface area (TPSA) is 74.8 Å². The first-order chi connectivity index (χ1) is 30.6. The van der Waals surface area contributed by atoms with Gasteiger partial charge in [-0.05, 0) is 64.1 Å². The maximum Gasteiger partial charge on any atom is 0.267 e. The zero-order valence-corrected chi connectivity index (χ0v) is 41.3. The minimum Gasteiger partial charge on any atom is -0.268 e. The average molecular weight is 969 g/mol. The SMILES string of the molecule is CC(C)c1ccc(C(C)C)c(N2C(=O)c3c4sc5ccccc5c4c4c5c(c6sc7ccccc7c6c(c35)C2=O)C(=O)N(c2c(C(C)C)cccc2C(C)C)C4=O)c1.ClCCl.ClCCl. The molecule has 10 rings (SSSR count). The standard InChI is InChI=1S/C50H42N2O4S2.2CH2Cl2/c1-23(2)27-20-21-28(24(3)4)33(22-27)51-47(53)40-36-31-14-9-11-18-34(31)58-46(36)43-39-38(40)42(49(51)55)45-37(32-15-10-12-19-35(32)57-45)41(39)48(54)52(50(43)56)44-29(25(5)6)16-13-17-30(44)26(7)8;2*2-1-3/h9-26H,1-8H3;2*1H2. The highest BCUT2D eigenvalue weighted by Crippen LogP contribution is 2.55. The Bertz CT molecular complexity index is 3200. The van der Waals surface area contributed by atoms with Crippen molar-refractivity contribution in [1.29, 1.82) is 0 Å². The Morgan fingerprint density at radius 1 is 0.453 bits per heavy atom. The molecule has 0 aliphatic carbocycles. The number of halogens is 4. The summed E-state index contributed by atoms with van der Waals surface area (Å²) in [7, 11) is 0. The number of amides is 4. The molecule has 2 aliphatic heterocycles. The molecule has 328 valence electrons. The lowest BCUT2D eigenvalue weighted by atomic mass is 9.80. The molecule has 0 bridgehead atoms. The van der Waals surface area contributed by atoms with Gasteiger partial charge in [0, 0.05) is 51.1 Å². The fourth-order valence-corrected chi connectivity index (χ4v) is 11.9. The van der Waals surface area contributed by atoms with E-state index in [4.69, 9.17) is 46.4 Å². The van der Waals surface area contributed by atoms with Crippen molar-refractivity contribution in [2.75, 3.05) is 20.5 Å². The Kier molecular flexibility index (Phi) is 13.0. The second-order valence-electron chi connectivity index (χ2n) is 17.2. The summed E-state index contributed by atoms with van der Waals surface area (Å²) in [5.74, 6) is -1.54. The molecule has 0 radical (unpaired) electrons. The lowest BCUT2D eigenvalue weighted by Gasteiger charge is -2.36. The van der Waals surface area contributed by atoms with E-state index in [9.17, 15) is 0 Å². The van der Waals surface area contributed by atoms with Crippen LogP contribution in [0.5, 0.6) is 0 Å². The van der Waals surface area contributed by atoms with Gasteiger partial charge in [0.2, 0.25) is 0 Å². The first-order valence-corrected chi connectivity index (χ1v) is 25.0. The second-order valence-corrected chi connectivity index (χ2v) is 20.9. The number of carbonyl (C=O) groups is 4. The third-order valence-corrected chi connectivity index (χ3v) is 14.6. The highest BCUT2D eigenvalue weighted by atomic mass is 35.5. The van der Waals surface area contributed by atoms with E-state index in [2.05, 4.69) is 61.5 Å². The van der Waals surface area contributed by atoms with Crippen molar-refractivity contribution in [1.82, 2.24) is 0 Å². The molecule has 6 nitrogen and oxygen atoms in total. The number of para-hydroxylation sites is 1. The molecule has 0 saturated heterocycles. The van der Waals surface area contributed by atoms with E-state index < -0.39 is 23.6 Å². The number of rotatable bonds is 6. The Morgan fingerprint density at radius 2 is 0.859 bits per heavy atom. The van der Waals surface area contributed by atoms with Gasteiger partial charge >= 0.3 is 0 Å². The molecule has 0 unspecified atom stereocenters. The van der Waals surface area contributed by atoms with Crippen LogP contribution in [0.25, 0.3) is 51.1 Å². The molecule has 12 heteroatoms. The number of alkyl halides is 4. The van der Waals surface area contributed by atoms with Crippen molar-refractivity contribution in [2.24, 2.45) is 0 Å². The van der Waals surface area contributed by atoms with Gasteiger partial charge in [-0.3, -0.25) is 19.2 Å². The summed E-state index contributed by atoms with van der Waals surface area (Å²) in [6.07, 6.45) is 0. The van der Waals surface area contributed by atoms with Crippen LogP contribution < -0.4 is 9.80 Å². The first kappa shape index (κ1) is 46.0. The molecule has 0 atom stereocenters. The van der Waals surface area contributed by atoms with E-state index in [0.717, 1.165) is 42.4 Å². The van der Waals surface area contributed by atoms with Gasteiger partial charge in [-0.2, -0.15) is 0 Å². The number of imide groups is 2. The number of anilines is 2. The lowest BCUT2D eigenvalue weighted by Crippen LogP contribution is -2.44. The summed E-state index contributed by atoms with van der Waals surface area (Å²) in [6.45, 7) is 16.7. The Hall–Kier alpha value is -4.54. The van der Waals surface area contributed by atoms with E-state index in [1.165, 1.54) is 32.5 Å². The van der Waals surface area contributed by atoms with Gasteiger partial charge in [-0.25, -0.2) is 9.80 Å². The van der Waals surface area contributed by atoms with Crippen LogP contribution in [0, 0.1) is 0 Å².